The molecule has 1 aromatic heterocycles. The molecule has 0 saturated heterocycles. The number of hydrogen-bond donors (Lipinski definition) is 1. The Kier molecular flexibility index (Phi) is 2.04. The highest BCUT2D eigenvalue weighted by Crippen LogP contribution is 2.30. The number of rotatable bonds is 3. The van der Waals surface area contributed by atoms with Crippen molar-refractivity contribution in [3.05, 3.63) is 22.7 Å². The van der Waals surface area contributed by atoms with Gasteiger partial charge >= 0.3 is 0 Å². The lowest BCUT2D eigenvalue weighted by Gasteiger charge is -2.16. The summed E-state index contributed by atoms with van der Waals surface area (Å²) in [5.74, 6) is 1.57. The Morgan fingerprint density at radius 1 is 1.69 bits per heavy atom. The maximum Gasteiger partial charge on any atom is 0.252 e. The first kappa shape index (κ1) is 8.29. The van der Waals surface area contributed by atoms with Crippen LogP contribution in [0.1, 0.15) is 12.8 Å². The molecular formula is C9H13N3O. The fourth-order valence-corrected chi connectivity index (χ4v) is 1.35. The van der Waals surface area contributed by atoms with E-state index in [0.29, 0.717) is 0 Å². The monoisotopic (exact) mass is 179 g/mol. The summed E-state index contributed by atoms with van der Waals surface area (Å²) >= 11 is 0. The second-order valence-corrected chi connectivity index (χ2v) is 3.59. The van der Waals surface area contributed by atoms with Crippen molar-refractivity contribution in [2.75, 3.05) is 18.5 Å². The molecule has 0 atom stereocenters. The van der Waals surface area contributed by atoms with Crippen LogP contribution in [0, 0.1) is 5.92 Å². The predicted octanol–water partition coefficient (Wildman–Crippen LogP) is 0.616. The van der Waals surface area contributed by atoms with Gasteiger partial charge in [-0.05, 0) is 18.8 Å². The van der Waals surface area contributed by atoms with Gasteiger partial charge in [0.1, 0.15) is 5.82 Å². The molecule has 1 aromatic rings. The molecule has 1 aliphatic carbocycles. The molecule has 1 fully saturated rings. The topological polar surface area (TPSA) is 49.0 Å². The number of anilines is 1. The Balaban J connectivity index is 2.09. The molecule has 0 bridgehead atoms. The Morgan fingerprint density at radius 2 is 2.46 bits per heavy atom. The van der Waals surface area contributed by atoms with Gasteiger partial charge in [0.25, 0.3) is 5.56 Å². The summed E-state index contributed by atoms with van der Waals surface area (Å²) in [6.07, 6.45) is 4.07. The van der Waals surface area contributed by atoms with Crippen molar-refractivity contribution >= 4 is 5.82 Å². The van der Waals surface area contributed by atoms with E-state index in [2.05, 4.69) is 9.97 Å². The number of nitrogens with zero attached hydrogens (tertiary/aromatic N) is 2. The normalized spacial score (nSPS) is 15.8. The molecule has 13 heavy (non-hydrogen) atoms. The molecule has 0 unspecified atom stereocenters. The summed E-state index contributed by atoms with van der Waals surface area (Å²) < 4.78 is 0. The zero-order chi connectivity index (χ0) is 9.26. The van der Waals surface area contributed by atoms with Gasteiger partial charge in [0.05, 0.1) is 6.33 Å². The number of hydrogen-bond acceptors (Lipinski definition) is 3. The largest absolute Gasteiger partial charge is 0.359 e. The van der Waals surface area contributed by atoms with E-state index in [1.54, 1.807) is 0 Å². The second-order valence-electron chi connectivity index (χ2n) is 3.59. The average molecular weight is 179 g/mol. The maximum atomic E-state index is 11.0. The molecule has 1 aliphatic rings. The van der Waals surface area contributed by atoms with Gasteiger partial charge in [-0.1, -0.05) is 0 Å². The van der Waals surface area contributed by atoms with Crippen LogP contribution in [0.3, 0.4) is 0 Å². The molecule has 4 nitrogen and oxygen atoms in total. The molecule has 0 amide bonds. The fraction of sp³-hybridized carbons (Fsp3) is 0.556. The average Bonchev–Trinajstić information content (AvgIpc) is 2.88. The lowest BCUT2D eigenvalue weighted by molar-refractivity contribution is 0.774. The molecule has 1 heterocycles. The first-order valence-corrected chi connectivity index (χ1v) is 4.51. The molecular weight excluding hydrogens is 166 g/mol. The highest BCUT2D eigenvalue weighted by molar-refractivity contribution is 5.35. The second kappa shape index (κ2) is 3.20. The minimum absolute atomic E-state index is 0.0901. The third-order valence-electron chi connectivity index (χ3n) is 2.28. The molecule has 0 radical (unpaired) electrons. The van der Waals surface area contributed by atoms with Crippen molar-refractivity contribution in [1.82, 2.24) is 9.97 Å². The Morgan fingerprint density at radius 3 is 3.08 bits per heavy atom. The summed E-state index contributed by atoms with van der Waals surface area (Å²) in [6.45, 7) is 1.01. The minimum Gasteiger partial charge on any atom is -0.359 e. The first-order chi connectivity index (χ1) is 6.25. The third kappa shape index (κ3) is 2.08. The Labute approximate surface area is 76.6 Å². The van der Waals surface area contributed by atoms with Gasteiger partial charge in [0.15, 0.2) is 0 Å². The summed E-state index contributed by atoms with van der Waals surface area (Å²) in [5, 5.41) is 0. The van der Waals surface area contributed by atoms with Crippen LogP contribution in [0.4, 0.5) is 5.82 Å². The van der Waals surface area contributed by atoms with Crippen LogP contribution in [0.5, 0.6) is 0 Å². The van der Waals surface area contributed by atoms with Gasteiger partial charge < -0.3 is 9.88 Å². The third-order valence-corrected chi connectivity index (χ3v) is 2.28. The van der Waals surface area contributed by atoms with Gasteiger partial charge in [-0.25, -0.2) is 4.98 Å². The number of H-pyrrole nitrogens is 1. The molecule has 0 spiro atoms. The summed E-state index contributed by atoms with van der Waals surface area (Å²) in [5.41, 5.74) is -0.0901. The maximum absolute atomic E-state index is 11.0. The van der Waals surface area contributed by atoms with Gasteiger partial charge in [0, 0.05) is 19.7 Å². The standard InChI is InChI=1S/C9H13N3O/c1-12(5-7-2-3-7)8-4-9(13)11-6-10-8/h4,6-7H,2-3,5H2,1H3,(H,10,11,13). The van der Waals surface area contributed by atoms with E-state index in [4.69, 9.17) is 0 Å². The van der Waals surface area contributed by atoms with Crippen LogP contribution in [-0.4, -0.2) is 23.6 Å². The van der Waals surface area contributed by atoms with E-state index in [0.717, 1.165) is 18.3 Å². The van der Waals surface area contributed by atoms with Gasteiger partial charge in [-0.2, -0.15) is 0 Å². The van der Waals surface area contributed by atoms with Crippen molar-refractivity contribution in [1.29, 1.82) is 0 Å². The van der Waals surface area contributed by atoms with Gasteiger partial charge in [-0.15, -0.1) is 0 Å². The zero-order valence-corrected chi connectivity index (χ0v) is 7.66. The van der Waals surface area contributed by atoms with E-state index in [-0.39, 0.29) is 5.56 Å². The molecule has 70 valence electrons. The molecule has 0 aliphatic heterocycles. The van der Waals surface area contributed by atoms with Crippen molar-refractivity contribution in [3.63, 3.8) is 0 Å². The summed E-state index contributed by atoms with van der Waals surface area (Å²) in [6, 6.07) is 1.53. The highest BCUT2D eigenvalue weighted by atomic mass is 16.1. The van der Waals surface area contributed by atoms with Crippen LogP contribution in [0.2, 0.25) is 0 Å². The lowest BCUT2D eigenvalue weighted by Crippen LogP contribution is -2.22. The minimum atomic E-state index is -0.0901. The number of aromatic nitrogens is 2. The molecule has 1 saturated carbocycles. The number of nitrogens with one attached hydrogen (secondary N) is 1. The smallest absolute Gasteiger partial charge is 0.252 e. The van der Waals surface area contributed by atoms with Crippen molar-refractivity contribution in [2.24, 2.45) is 5.92 Å². The van der Waals surface area contributed by atoms with E-state index in [1.807, 2.05) is 11.9 Å². The quantitative estimate of drug-likeness (QED) is 0.739. The van der Waals surface area contributed by atoms with E-state index < -0.39 is 0 Å². The van der Waals surface area contributed by atoms with Crippen LogP contribution < -0.4 is 10.5 Å². The van der Waals surface area contributed by atoms with Crippen LogP contribution in [0.25, 0.3) is 0 Å². The lowest BCUT2D eigenvalue weighted by atomic mass is 10.4. The number of aromatic amines is 1. The zero-order valence-electron chi connectivity index (χ0n) is 7.66. The highest BCUT2D eigenvalue weighted by Gasteiger charge is 2.23. The van der Waals surface area contributed by atoms with Crippen LogP contribution >= 0.6 is 0 Å². The molecule has 1 N–H and O–H groups in total. The molecule has 0 aromatic carbocycles. The van der Waals surface area contributed by atoms with Gasteiger partial charge in [-0.3, -0.25) is 4.79 Å². The van der Waals surface area contributed by atoms with E-state index in [9.17, 15) is 4.79 Å². The van der Waals surface area contributed by atoms with Crippen LogP contribution in [0.15, 0.2) is 17.2 Å². The summed E-state index contributed by atoms with van der Waals surface area (Å²) in [4.78, 5) is 19.6. The van der Waals surface area contributed by atoms with Crippen molar-refractivity contribution in [2.45, 2.75) is 12.8 Å². The molecule has 2 rings (SSSR count). The van der Waals surface area contributed by atoms with Crippen LogP contribution in [-0.2, 0) is 0 Å². The molecule has 4 heteroatoms. The Bertz CT molecular complexity index is 343. The first-order valence-electron chi connectivity index (χ1n) is 4.51. The summed E-state index contributed by atoms with van der Waals surface area (Å²) in [7, 11) is 1.97. The Hall–Kier alpha value is -1.32. The van der Waals surface area contributed by atoms with Crippen molar-refractivity contribution in [3.8, 4) is 0 Å². The van der Waals surface area contributed by atoms with Gasteiger partial charge in [0.2, 0.25) is 0 Å². The van der Waals surface area contributed by atoms with Crippen molar-refractivity contribution < 1.29 is 0 Å². The van der Waals surface area contributed by atoms with E-state index >= 15 is 0 Å². The van der Waals surface area contributed by atoms with E-state index in [1.165, 1.54) is 25.2 Å². The SMILES string of the molecule is CN(CC1CC1)c1cc(=O)[nH]cn1. The fourth-order valence-electron chi connectivity index (χ4n) is 1.35. The predicted molar refractivity (Wildman–Crippen MR) is 50.9 cm³/mol.